The number of amides is 2. The fraction of sp³-hybridized carbons (Fsp3) is 0.500. The van der Waals surface area contributed by atoms with Crippen LogP contribution in [0.2, 0.25) is 5.02 Å². The van der Waals surface area contributed by atoms with Gasteiger partial charge >= 0.3 is 0 Å². The first-order valence-corrected chi connectivity index (χ1v) is 8.15. The standard InChI is InChI=1S/C16H20ClN3O3/c1-11-13(17)3-2-4-14(11)20-6-5-12(16(20)22)15(21)18-19-7-9-23-10-8-19/h2-4,12H,5-10H2,1H3,(H,18,21). The molecule has 1 aromatic rings. The summed E-state index contributed by atoms with van der Waals surface area (Å²) < 4.78 is 5.25. The highest BCUT2D eigenvalue weighted by Crippen LogP contribution is 2.31. The van der Waals surface area contributed by atoms with Crippen molar-refractivity contribution < 1.29 is 14.3 Å². The highest BCUT2D eigenvalue weighted by molar-refractivity contribution is 6.31. The van der Waals surface area contributed by atoms with Crippen molar-refractivity contribution in [1.82, 2.24) is 10.4 Å². The van der Waals surface area contributed by atoms with E-state index in [1.165, 1.54) is 0 Å². The summed E-state index contributed by atoms with van der Waals surface area (Å²) >= 11 is 6.13. The first-order chi connectivity index (χ1) is 11.1. The van der Waals surface area contributed by atoms with E-state index in [1.807, 2.05) is 24.1 Å². The predicted octanol–water partition coefficient (Wildman–Crippen LogP) is 1.36. The summed E-state index contributed by atoms with van der Waals surface area (Å²) in [6.07, 6.45) is 0.515. The van der Waals surface area contributed by atoms with Crippen LogP contribution in [-0.2, 0) is 14.3 Å². The van der Waals surface area contributed by atoms with E-state index in [1.54, 1.807) is 11.0 Å². The van der Waals surface area contributed by atoms with E-state index in [4.69, 9.17) is 16.3 Å². The number of carbonyl (C=O) groups excluding carboxylic acids is 2. The maximum Gasteiger partial charge on any atom is 0.246 e. The lowest BCUT2D eigenvalue weighted by Crippen LogP contribution is -2.51. The number of benzene rings is 1. The van der Waals surface area contributed by atoms with Gasteiger partial charge in [0.2, 0.25) is 11.8 Å². The SMILES string of the molecule is Cc1c(Cl)cccc1N1CCC(C(=O)NN2CCOCC2)C1=O. The average molecular weight is 338 g/mol. The smallest absolute Gasteiger partial charge is 0.246 e. The van der Waals surface area contributed by atoms with Gasteiger partial charge in [-0.1, -0.05) is 17.7 Å². The maximum absolute atomic E-state index is 12.6. The second-order valence-electron chi connectivity index (χ2n) is 5.79. The van der Waals surface area contributed by atoms with Crippen molar-refractivity contribution in [3.8, 4) is 0 Å². The maximum atomic E-state index is 12.6. The second-order valence-corrected chi connectivity index (χ2v) is 6.20. The fourth-order valence-corrected chi connectivity index (χ4v) is 3.13. The zero-order valence-corrected chi connectivity index (χ0v) is 13.8. The van der Waals surface area contributed by atoms with Crippen molar-refractivity contribution in [2.45, 2.75) is 13.3 Å². The Labute approximate surface area is 140 Å². The summed E-state index contributed by atoms with van der Waals surface area (Å²) in [7, 11) is 0. The van der Waals surface area contributed by atoms with Crippen molar-refractivity contribution in [3.05, 3.63) is 28.8 Å². The first-order valence-electron chi connectivity index (χ1n) is 7.77. The average Bonchev–Trinajstić information content (AvgIpc) is 2.93. The van der Waals surface area contributed by atoms with Crippen molar-refractivity contribution in [2.75, 3.05) is 37.7 Å². The molecule has 2 heterocycles. The number of morpholine rings is 1. The van der Waals surface area contributed by atoms with Crippen molar-refractivity contribution in [3.63, 3.8) is 0 Å². The van der Waals surface area contributed by atoms with Gasteiger partial charge in [0.15, 0.2) is 0 Å². The number of nitrogens with one attached hydrogen (secondary N) is 1. The lowest BCUT2D eigenvalue weighted by atomic mass is 10.1. The minimum absolute atomic E-state index is 0.166. The molecule has 3 rings (SSSR count). The van der Waals surface area contributed by atoms with Crippen LogP contribution >= 0.6 is 11.6 Å². The topological polar surface area (TPSA) is 61.9 Å². The molecule has 23 heavy (non-hydrogen) atoms. The molecule has 1 aromatic carbocycles. The highest BCUT2D eigenvalue weighted by atomic mass is 35.5. The van der Waals surface area contributed by atoms with Crippen molar-refractivity contribution >= 4 is 29.1 Å². The van der Waals surface area contributed by atoms with E-state index < -0.39 is 5.92 Å². The fourth-order valence-electron chi connectivity index (χ4n) is 2.96. The molecular weight excluding hydrogens is 318 g/mol. The van der Waals surface area contributed by atoms with Gasteiger partial charge < -0.3 is 9.64 Å². The zero-order chi connectivity index (χ0) is 16.4. The van der Waals surface area contributed by atoms with Crippen LogP contribution in [0.25, 0.3) is 0 Å². The summed E-state index contributed by atoms with van der Waals surface area (Å²) in [4.78, 5) is 26.7. The summed E-state index contributed by atoms with van der Waals surface area (Å²) in [5, 5.41) is 2.43. The summed E-state index contributed by atoms with van der Waals surface area (Å²) in [5.41, 5.74) is 4.47. The summed E-state index contributed by atoms with van der Waals surface area (Å²) in [6.45, 7) is 4.88. The second kappa shape index (κ2) is 6.86. The number of halogens is 1. The van der Waals surface area contributed by atoms with E-state index in [2.05, 4.69) is 5.43 Å². The van der Waals surface area contributed by atoms with E-state index in [-0.39, 0.29) is 11.8 Å². The number of nitrogens with zero attached hydrogens (tertiary/aromatic N) is 2. The summed E-state index contributed by atoms with van der Waals surface area (Å²) in [6, 6.07) is 5.48. The van der Waals surface area contributed by atoms with Gasteiger partial charge in [-0.15, -0.1) is 0 Å². The Balaban J connectivity index is 1.68. The quantitative estimate of drug-likeness (QED) is 0.846. The molecule has 1 N–H and O–H groups in total. The van der Waals surface area contributed by atoms with Gasteiger partial charge in [-0.25, -0.2) is 5.01 Å². The van der Waals surface area contributed by atoms with E-state index >= 15 is 0 Å². The van der Waals surface area contributed by atoms with Gasteiger partial charge in [-0.3, -0.25) is 15.0 Å². The Bertz CT molecular complexity index is 617. The monoisotopic (exact) mass is 337 g/mol. The number of hydrogen-bond acceptors (Lipinski definition) is 4. The van der Waals surface area contributed by atoms with Crippen LogP contribution in [0.15, 0.2) is 18.2 Å². The predicted molar refractivity (Wildman–Crippen MR) is 87.2 cm³/mol. The molecule has 2 aliphatic heterocycles. The number of anilines is 1. The van der Waals surface area contributed by atoms with Gasteiger partial charge in [0.05, 0.1) is 13.2 Å². The molecule has 0 saturated carbocycles. The van der Waals surface area contributed by atoms with Crippen LogP contribution in [-0.4, -0.2) is 49.7 Å². The molecule has 1 atom stereocenters. The number of hydrazine groups is 1. The molecule has 0 aliphatic carbocycles. The normalized spacial score (nSPS) is 22.4. The minimum atomic E-state index is -0.642. The Morgan fingerprint density at radius 1 is 1.30 bits per heavy atom. The molecule has 0 bridgehead atoms. The molecular formula is C16H20ClN3O3. The molecule has 2 amide bonds. The Hall–Kier alpha value is -1.63. The molecule has 0 spiro atoms. The Morgan fingerprint density at radius 3 is 2.78 bits per heavy atom. The largest absolute Gasteiger partial charge is 0.379 e. The highest BCUT2D eigenvalue weighted by Gasteiger charge is 2.38. The van der Waals surface area contributed by atoms with Crippen LogP contribution in [0.4, 0.5) is 5.69 Å². The molecule has 0 aromatic heterocycles. The lowest BCUT2D eigenvalue weighted by molar-refractivity contribution is -0.137. The third-order valence-corrected chi connectivity index (χ3v) is 4.74. The van der Waals surface area contributed by atoms with E-state index in [0.29, 0.717) is 44.3 Å². The van der Waals surface area contributed by atoms with Gasteiger partial charge in [0.25, 0.3) is 0 Å². The molecule has 7 heteroatoms. The molecule has 124 valence electrons. The summed E-state index contributed by atoms with van der Waals surface area (Å²) in [5.74, 6) is -1.04. The third kappa shape index (κ3) is 3.34. The van der Waals surface area contributed by atoms with Crippen LogP contribution < -0.4 is 10.3 Å². The lowest BCUT2D eigenvalue weighted by Gasteiger charge is -2.28. The van der Waals surface area contributed by atoms with Gasteiger partial charge in [-0.05, 0) is 31.0 Å². The molecule has 0 radical (unpaired) electrons. The zero-order valence-electron chi connectivity index (χ0n) is 13.0. The molecule has 2 aliphatic rings. The number of rotatable bonds is 3. The van der Waals surface area contributed by atoms with Crippen molar-refractivity contribution in [1.29, 1.82) is 0 Å². The van der Waals surface area contributed by atoms with Gasteiger partial charge in [0, 0.05) is 30.3 Å². The molecule has 2 fully saturated rings. The number of ether oxygens (including phenoxy) is 1. The molecule has 6 nitrogen and oxygen atoms in total. The van der Waals surface area contributed by atoms with Crippen LogP contribution in [0.5, 0.6) is 0 Å². The van der Waals surface area contributed by atoms with Crippen LogP contribution in [0.3, 0.4) is 0 Å². The van der Waals surface area contributed by atoms with Crippen LogP contribution in [0.1, 0.15) is 12.0 Å². The Kier molecular flexibility index (Phi) is 4.84. The Morgan fingerprint density at radius 2 is 2.04 bits per heavy atom. The minimum Gasteiger partial charge on any atom is -0.379 e. The number of hydrogen-bond donors (Lipinski definition) is 1. The molecule has 2 saturated heterocycles. The third-order valence-electron chi connectivity index (χ3n) is 4.33. The van der Waals surface area contributed by atoms with E-state index in [9.17, 15) is 9.59 Å². The van der Waals surface area contributed by atoms with Gasteiger partial charge in [-0.2, -0.15) is 0 Å². The van der Waals surface area contributed by atoms with Crippen LogP contribution in [0, 0.1) is 12.8 Å². The van der Waals surface area contributed by atoms with E-state index in [0.717, 1.165) is 11.3 Å². The van der Waals surface area contributed by atoms with Gasteiger partial charge in [0.1, 0.15) is 5.92 Å². The first kappa shape index (κ1) is 16.2. The molecule has 1 unspecified atom stereocenters. The number of carbonyl (C=O) groups is 2. The van der Waals surface area contributed by atoms with Crippen molar-refractivity contribution in [2.24, 2.45) is 5.92 Å².